The van der Waals surface area contributed by atoms with Crippen LogP contribution in [0, 0.1) is 21.4 Å². The molecule has 0 aliphatic rings. The van der Waals surface area contributed by atoms with E-state index in [1.165, 1.54) is 13.2 Å². The number of thiazole rings is 1. The molecule has 0 atom stereocenters. The molecule has 0 bridgehead atoms. The molecular formula is C22H16N4O8S2. The van der Waals surface area contributed by atoms with Crippen LogP contribution in [0.2, 0.25) is 0 Å². The number of aromatic nitrogens is 1. The average Bonchev–Trinajstić information content (AvgIpc) is 3.35. The highest BCUT2D eigenvalue weighted by molar-refractivity contribution is 7.93. The Bertz CT molecular complexity index is 1470. The smallest absolute Gasteiger partial charge is 0.349 e. The van der Waals surface area contributed by atoms with Crippen LogP contribution < -0.4 is 10.1 Å². The summed E-state index contributed by atoms with van der Waals surface area (Å²) in [6, 6.07) is 12.6. The zero-order valence-corrected chi connectivity index (χ0v) is 20.0. The van der Waals surface area contributed by atoms with Crippen LogP contribution >= 0.6 is 11.3 Å². The summed E-state index contributed by atoms with van der Waals surface area (Å²) in [4.78, 5) is 38.0. The summed E-state index contributed by atoms with van der Waals surface area (Å²) >= 11 is 0.644. The molecule has 1 aromatic heterocycles. The SMILES string of the molecule is COc1ccc(/C=C(\C#N)C(=O)OCC(=O)Nc2ncc(S(=O)(=O)c3ccc([N+](=O)[O-])cc3)s2)cc1. The summed E-state index contributed by atoms with van der Waals surface area (Å²) < 4.78 is 35.1. The number of sulfone groups is 1. The Labute approximate surface area is 208 Å². The minimum atomic E-state index is -4.03. The van der Waals surface area contributed by atoms with E-state index in [1.807, 2.05) is 0 Å². The van der Waals surface area contributed by atoms with Gasteiger partial charge in [-0.15, -0.1) is 0 Å². The number of methoxy groups -OCH3 is 1. The van der Waals surface area contributed by atoms with Crippen molar-refractivity contribution in [3.05, 3.63) is 76.0 Å². The number of carbonyl (C=O) groups excluding carboxylic acids is 2. The predicted molar refractivity (Wildman–Crippen MR) is 127 cm³/mol. The zero-order valence-electron chi connectivity index (χ0n) is 18.4. The number of nitrogens with zero attached hydrogens (tertiary/aromatic N) is 3. The minimum Gasteiger partial charge on any atom is -0.497 e. The van der Waals surface area contributed by atoms with Gasteiger partial charge in [-0.1, -0.05) is 23.5 Å². The second-order valence-corrected chi connectivity index (χ2v) is 10.0. The number of nitrogens with one attached hydrogen (secondary N) is 1. The Balaban J connectivity index is 1.61. The van der Waals surface area contributed by atoms with E-state index >= 15 is 0 Å². The van der Waals surface area contributed by atoms with Crippen LogP contribution in [0.25, 0.3) is 6.08 Å². The molecular weight excluding hydrogens is 512 g/mol. The van der Waals surface area contributed by atoms with E-state index in [4.69, 9.17) is 9.47 Å². The highest BCUT2D eigenvalue weighted by Gasteiger charge is 2.23. The highest BCUT2D eigenvalue weighted by atomic mass is 32.2. The minimum absolute atomic E-state index is 0.0779. The third-order valence-electron chi connectivity index (χ3n) is 4.46. The number of anilines is 1. The van der Waals surface area contributed by atoms with Gasteiger partial charge in [0.05, 0.1) is 23.1 Å². The monoisotopic (exact) mass is 528 g/mol. The van der Waals surface area contributed by atoms with Gasteiger partial charge in [-0.05, 0) is 35.9 Å². The maximum absolute atomic E-state index is 12.7. The summed E-state index contributed by atoms with van der Waals surface area (Å²) in [5, 5.41) is 22.2. The lowest BCUT2D eigenvalue weighted by atomic mass is 10.1. The predicted octanol–water partition coefficient (Wildman–Crippen LogP) is 2.98. The van der Waals surface area contributed by atoms with E-state index in [0.717, 1.165) is 30.5 Å². The van der Waals surface area contributed by atoms with Crippen LogP contribution in [-0.4, -0.2) is 43.9 Å². The molecule has 3 rings (SSSR count). The number of esters is 1. The van der Waals surface area contributed by atoms with Crippen LogP contribution in [0.5, 0.6) is 5.75 Å². The Morgan fingerprint density at radius 2 is 1.86 bits per heavy atom. The van der Waals surface area contributed by atoms with Crippen LogP contribution in [0.1, 0.15) is 5.56 Å². The molecule has 0 aliphatic heterocycles. The molecule has 0 saturated heterocycles. The molecule has 1 N–H and O–H groups in total. The van der Waals surface area contributed by atoms with Crippen molar-refractivity contribution >= 4 is 49.9 Å². The van der Waals surface area contributed by atoms with E-state index in [9.17, 15) is 33.4 Å². The number of non-ortho nitro benzene ring substituents is 1. The first-order valence-corrected chi connectivity index (χ1v) is 12.1. The maximum atomic E-state index is 12.7. The number of ether oxygens (including phenoxy) is 2. The van der Waals surface area contributed by atoms with Gasteiger partial charge in [0.1, 0.15) is 21.6 Å². The van der Waals surface area contributed by atoms with Gasteiger partial charge in [-0.3, -0.25) is 20.2 Å². The van der Waals surface area contributed by atoms with Crippen LogP contribution in [0.4, 0.5) is 10.8 Å². The lowest BCUT2D eigenvalue weighted by Gasteiger charge is -2.04. The second kappa shape index (κ2) is 11.2. The van der Waals surface area contributed by atoms with Crippen molar-refractivity contribution in [1.29, 1.82) is 5.26 Å². The molecule has 0 spiro atoms. The summed E-state index contributed by atoms with van der Waals surface area (Å²) in [5.74, 6) is -1.24. The van der Waals surface area contributed by atoms with E-state index in [-0.39, 0.29) is 25.5 Å². The molecule has 0 unspecified atom stereocenters. The first-order valence-electron chi connectivity index (χ1n) is 9.82. The fourth-order valence-corrected chi connectivity index (χ4v) is 5.12. The molecule has 184 valence electrons. The number of nitro groups is 1. The van der Waals surface area contributed by atoms with Crippen LogP contribution in [-0.2, 0) is 24.2 Å². The summed E-state index contributed by atoms with van der Waals surface area (Å²) in [5.41, 5.74) is -0.0591. The molecule has 0 saturated carbocycles. The van der Waals surface area contributed by atoms with Crippen molar-refractivity contribution in [1.82, 2.24) is 4.98 Å². The molecule has 12 nitrogen and oxygen atoms in total. The molecule has 0 radical (unpaired) electrons. The Morgan fingerprint density at radius 1 is 1.19 bits per heavy atom. The molecule has 36 heavy (non-hydrogen) atoms. The molecule has 0 aliphatic carbocycles. The van der Waals surface area contributed by atoms with Crippen LogP contribution in [0.15, 0.2) is 69.4 Å². The van der Waals surface area contributed by atoms with Crippen molar-refractivity contribution in [2.45, 2.75) is 9.10 Å². The number of nitriles is 1. The number of carbonyl (C=O) groups is 2. The van der Waals surface area contributed by atoms with Gasteiger partial charge in [0.2, 0.25) is 9.84 Å². The van der Waals surface area contributed by atoms with Crippen molar-refractivity contribution in [2.24, 2.45) is 0 Å². The van der Waals surface area contributed by atoms with Crippen molar-refractivity contribution < 1.29 is 32.4 Å². The third kappa shape index (κ3) is 6.29. The van der Waals surface area contributed by atoms with Gasteiger partial charge in [0.25, 0.3) is 11.6 Å². The first-order chi connectivity index (χ1) is 17.1. The topological polar surface area (TPSA) is 179 Å². The number of benzene rings is 2. The quantitative estimate of drug-likeness (QED) is 0.143. The Hall–Kier alpha value is -4.61. The largest absolute Gasteiger partial charge is 0.497 e. The molecule has 3 aromatic rings. The number of amides is 1. The van der Waals surface area contributed by atoms with E-state index < -0.39 is 33.2 Å². The molecule has 14 heteroatoms. The van der Waals surface area contributed by atoms with Gasteiger partial charge < -0.3 is 9.47 Å². The summed E-state index contributed by atoms with van der Waals surface area (Å²) in [6.07, 6.45) is 2.31. The number of hydrogen-bond acceptors (Lipinski definition) is 11. The van der Waals surface area contributed by atoms with E-state index in [0.29, 0.717) is 22.6 Å². The first kappa shape index (κ1) is 26.0. The fraction of sp³-hybridized carbons (Fsp3) is 0.0909. The Morgan fingerprint density at radius 3 is 2.44 bits per heavy atom. The second-order valence-electron chi connectivity index (χ2n) is 6.81. The third-order valence-corrected chi connectivity index (χ3v) is 7.60. The number of hydrogen-bond donors (Lipinski definition) is 1. The average molecular weight is 529 g/mol. The standard InChI is InChI=1S/C22H16N4O8S2/c1-33-17-6-2-14(3-7-17)10-15(11-23)21(28)34-13-19(27)25-22-24-12-20(35-22)36(31,32)18-8-4-16(5-9-18)26(29)30/h2-10,12H,13H2,1H3,(H,24,25,27)/b15-10+. The van der Waals surface area contributed by atoms with Gasteiger partial charge in [-0.25, -0.2) is 18.2 Å². The highest BCUT2D eigenvalue weighted by Crippen LogP contribution is 2.29. The van der Waals surface area contributed by atoms with Gasteiger partial charge in [0.15, 0.2) is 11.7 Å². The van der Waals surface area contributed by atoms with Crippen molar-refractivity contribution in [3.63, 3.8) is 0 Å². The van der Waals surface area contributed by atoms with Gasteiger partial charge in [0, 0.05) is 12.1 Å². The lowest BCUT2D eigenvalue weighted by molar-refractivity contribution is -0.384. The zero-order chi connectivity index (χ0) is 26.3. The van der Waals surface area contributed by atoms with Crippen molar-refractivity contribution in [2.75, 3.05) is 19.0 Å². The molecule has 0 fully saturated rings. The molecule has 1 amide bonds. The molecule has 2 aromatic carbocycles. The van der Waals surface area contributed by atoms with E-state index in [2.05, 4.69) is 10.3 Å². The van der Waals surface area contributed by atoms with E-state index in [1.54, 1.807) is 30.3 Å². The fourth-order valence-electron chi connectivity index (χ4n) is 2.67. The van der Waals surface area contributed by atoms with Gasteiger partial charge in [-0.2, -0.15) is 5.26 Å². The molecule has 1 heterocycles. The normalized spacial score (nSPS) is 11.3. The summed E-state index contributed by atoms with van der Waals surface area (Å²) in [6.45, 7) is -0.746. The van der Waals surface area contributed by atoms with Crippen molar-refractivity contribution in [3.8, 4) is 11.8 Å². The lowest BCUT2D eigenvalue weighted by Crippen LogP contribution is -2.21. The Kier molecular flexibility index (Phi) is 8.10. The van der Waals surface area contributed by atoms with Crippen LogP contribution in [0.3, 0.4) is 0 Å². The van der Waals surface area contributed by atoms with Gasteiger partial charge >= 0.3 is 5.97 Å². The maximum Gasteiger partial charge on any atom is 0.349 e. The number of nitro benzene ring substituents is 1. The summed E-state index contributed by atoms with van der Waals surface area (Å²) in [7, 11) is -2.53. The number of rotatable bonds is 9.